The fourth-order valence-corrected chi connectivity index (χ4v) is 13.0. The normalized spacial score (nSPS) is 12.8. The molecule has 2 aromatic carbocycles. The van der Waals surface area contributed by atoms with Crippen LogP contribution < -0.4 is 5.19 Å². The summed E-state index contributed by atoms with van der Waals surface area (Å²) in [6.45, 7) is 14.0. The highest BCUT2D eigenvalue weighted by Crippen LogP contribution is 2.35. The Kier molecular flexibility index (Phi) is 5.07. The van der Waals surface area contributed by atoms with Crippen molar-refractivity contribution < 1.29 is 4.12 Å². The van der Waals surface area contributed by atoms with E-state index in [0.29, 0.717) is 11.1 Å². The van der Waals surface area contributed by atoms with E-state index in [1.807, 2.05) is 0 Å². The summed E-state index contributed by atoms with van der Waals surface area (Å²) in [6.07, 6.45) is 0. The van der Waals surface area contributed by atoms with Crippen LogP contribution in [0.25, 0.3) is 10.8 Å². The largest absolute Gasteiger partial charge is 0.454 e. The van der Waals surface area contributed by atoms with Crippen LogP contribution >= 0.6 is 0 Å². The SMILES string of the molecule is CC(C)[Si](O[SiH](C)C)(c1cccc2ccccc12)C(C)C. The molecule has 0 radical (unpaired) electrons. The second kappa shape index (κ2) is 6.47. The minimum Gasteiger partial charge on any atom is -0.454 e. The fraction of sp³-hybridized carbons (Fsp3) is 0.444. The first-order valence-electron chi connectivity index (χ1n) is 8.05. The van der Waals surface area contributed by atoms with Gasteiger partial charge in [0, 0.05) is 0 Å². The molecular weight excluding hydrogens is 288 g/mol. The summed E-state index contributed by atoms with van der Waals surface area (Å²) in [5.41, 5.74) is 1.16. The summed E-state index contributed by atoms with van der Waals surface area (Å²) in [5, 5.41) is 4.22. The van der Waals surface area contributed by atoms with E-state index in [1.165, 1.54) is 16.0 Å². The third-order valence-electron chi connectivity index (χ3n) is 4.36. The Bertz CT molecular complexity index is 592. The molecule has 114 valence electrons. The van der Waals surface area contributed by atoms with E-state index in [1.54, 1.807) is 0 Å². The van der Waals surface area contributed by atoms with Gasteiger partial charge in [-0.05, 0) is 40.1 Å². The molecular formula is C18H28OSi2. The van der Waals surface area contributed by atoms with Crippen LogP contribution in [0, 0.1) is 0 Å². The van der Waals surface area contributed by atoms with E-state index in [-0.39, 0.29) is 0 Å². The van der Waals surface area contributed by atoms with Crippen molar-refractivity contribution in [2.75, 3.05) is 0 Å². The molecule has 21 heavy (non-hydrogen) atoms. The third-order valence-corrected chi connectivity index (χ3v) is 12.5. The lowest BCUT2D eigenvalue weighted by Crippen LogP contribution is -2.58. The summed E-state index contributed by atoms with van der Waals surface area (Å²) < 4.78 is 6.83. The van der Waals surface area contributed by atoms with Crippen LogP contribution in [0.5, 0.6) is 0 Å². The Morgan fingerprint density at radius 2 is 1.43 bits per heavy atom. The van der Waals surface area contributed by atoms with Gasteiger partial charge in [-0.2, -0.15) is 0 Å². The second-order valence-corrected chi connectivity index (χ2v) is 14.3. The van der Waals surface area contributed by atoms with Gasteiger partial charge in [0.15, 0.2) is 9.04 Å². The maximum Gasteiger partial charge on any atom is 0.217 e. The van der Waals surface area contributed by atoms with E-state index in [4.69, 9.17) is 4.12 Å². The van der Waals surface area contributed by atoms with E-state index < -0.39 is 17.4 Å². The quantitative estimate of drug-likeness (QED) is 0.719. The van der Waals surface area contributed by atoms with Gasteiger partial charge in [0.25, 0.3) is 0 Å². The van der Waals surface area contributed by atoms with Crippen molar-refractivity contribution in [3.05, 3.63) is 42.5 Å². The monoisotopic (exact) mass is 316 g/mol. The Morgan fingerprint density at radius 1 is 0.857 bits per heavy atom. The van der Waals surface area contributed by atoms with Crippen LogP contribution in [0.1, 0.15) is 27.7 Å². The Hall–Kier alpha value is -0.906. The van der Waals surface area contributed by atoms with Crippen LogP contribution in [0.3, 0.4) is 0 Å². The van der Waals surface area contributed by atoms with Gasteiger partial charge in [-0.3, -0.25) is 0 Å². The van der Waals surface area contributed by atoms with E-state index in [0.717, 1.165) is 0 Å². The minimum atomic E-state index is -1.99. The van der Waals surface area contributed by atoms with Gasteiger partial charge < -0.3 is 4.12 Å². The van der Waals surface area contributed by atoms with E-state index in [2.05, 4.69) is 83.3 Å². The van der Waals surface area contributed by atoms with Crippen molar-refractivity contribution in [3.8, 4) is 0 Å². The van der Waals surface area contributed by atoms with Crippen molar-refractivity contribution in [2.24, 2.45) is 0 Å². The maximum absolute atomic E-state index is 6.83. The molecule has 0 bridgehead atoms. The molecule has 0 atom stereocenters. The third kappa shape index (κ3) is 3.00. The van der Waals surface area contributed by atoms with Crippen LogP contribution in [0.15, 0.2) is 42.5 Å². The summed E-state index contributed by atoms with van der Waals surface area (Å²) in [6, 6.07) is 15.5. The molecule has 2 rings (SSSR count). The van der Waals surface area contributed by atoms with Crippen LogP contribution in [-0.4, -0.2) is 17.4 Å². The van der Waals surface area contributed by atoms with Gasteiger partial charge >= 0.3 is 0 Å². The van der Waals surface area contributed by atoms with Crippen molar-refractivity contribution in [1.29, 1.82) is 0 Å². The lowest BCUT2D eigenvalue weighted by Gasteiger charge is -2.41. The number of fused-ring (bicyclic) bond motifs is 1. The molecule has 0 unspecified atom stereocenters. The minimum absolute atomic E-state index is 0.582. The number of hydrogen-bond acceptors (Lipinski definition) is 1. The number of hydrogen-bond donors (Lipinski definition) is 0. The smallest absolute Gasteiger partial charge is 0.217 e. The molecule has 0 N–H and O–H groups in total. The van der Waals surface area contributed by atoms with Crippen LogP contribution in [0.2, 0.25) is 24.2 Å². The lowest BCUT2D eigenvalue weighted by atomic mass is 10.1. The molecule has 3 heteroatoms. The topological polar surface area (TPSA) is 9.23 Å². The average molecular weight is 317 g/mol. The highest BCUT2D eigenvalue weighted by molar-refractivity contribution is 6.93. The molecule has 0 saturated carbocycles. The molecule has 0 aliphatic carbocycles. The molecule has 2 aromatic rings. The Morgan fingerprint density at radius 3 is 2.00 bits per heavy atom. The first kappa shape index (κ1) is 16.5. The molecule has 0 heterocycles. The van der Waals surface area contributed by atoms with Gasteiger partial charge in [0.1, 0.15) is 0 Å². The molecule has 0 aromatic heterocycles. The van der Waals surface area contributed by atoms with Crippen LogP contribution in [0.4, 0.5) is 0 Å². The van der Waals surface area contributed by atoms with Crippen LogP contribution in [-0.2, 0) is 4.12 Å². The molecule has 0 aliphatic heterocycles. The fourth-order valence-electron chi connectivity index (χ4n) is 3.58. The molecule has 1 nitrogen and oxygen atoms in total. The van der Waals surface area contributed by atoms with E-state index >= 15 is 0 Å². The van der Waals surface area contributed by atoms with Gasteiger partial charge in [-0.1, -0.05) is 70.2 Å². The average Bonchev–Trinajstić information content (AvgIpc) is 2.43. The van der Waals surface area contributed by atoms with Gasteiger partial charge in [-0.15, -0.1) is 0 Å². The molecule has 0 spiro atoms. The highest BCUT2D eigenvalue weighted by Gasteiger charge is 2.45. The van der Waals surface area contributed by atoms with Crippen molar-refractivity contribution in [3.63, 3.8) is 0 Å². The predicted octanol–water partition coefficient (Wildman–Crippen LogP) is 4.81. The summed E-state index contributed by atoms with van der Waals surface area (Å²) in [5.74, 6) is 0. The zero-order chi connectivity index (χ0) is 15.6. The maximum atomic E-state index is 6.83. The summed E-state index contributed by atoms with van der Waals surface area (Å²) in [7, 11) is -3.09. The number of benzene rings is 2. The van der Waals surface area contributed by atoms with Crippen molar-refractivity contribution in [1.82, 2.24) is 0 Å². The first-order chi connectivity index (χ1) is 9.89. The lowest BCUT2D eigenvalue weighted by molar-refractivity contribution is 0.535. The first-order valence-corrected chi connectivity index (χ1v) is 12.9. The predicted molar refractivity (Wildman–Crippen MR) is 99.5 cm³/mol. The second-order valence-electron chi connectivity index (χ2n) is 6.80. The zero-order valence-electron chi connectivity index (χ0n) is 14.2. The van der Waals surface area contributed by atoms with Crippen molar-refractivity contribution in [2.45, 2.75) is 51.9 Å². The van der Waals surface area contributed by atoms with E-state index in [9.17, 15) is 0 Å². The number of rotatable bonds is 5. The highest BCUT2D eigenvalue weighted by atomic mass is 28.4. The Balaban J connectivity index is 2.74. The standard InChI is InChI=1S/C18H28OSi2/c1-14(2)21(15(3)4,19-20(5)6)18-13-9-11-16-10-7-8-12-17(16)18/h7-15,20H,1-6H3. The Labute approximate surface area is 132 Å². The summed E-state index contributed by atoms with van der Waals surface area (Å²) >= 11 is 0. The summed E-state index contributed by atoms with van der Waals surface area (Å²) in [4.78, 5) is 0. The zero-order valence-corrected chi connectivity index (χ0v) is 16.3. The van der Waals surface area contributed by atoms with Gasteiger partial charge in [0.05, 0.1) is 0 Å². The molecule has 0 fully saturated rings. The molecule has 0 aliphatic rings. The van der Waals surface area contributed by atoms with Crippen molar-refractivity contribution >= 4 is 33.3 Å². The molecule has 0 amide bonds. The van der Waals surface area contributed by atoms with Gasteiger partial charge in [-0.25, -0.2) is 0 Å². The van der Waals surface area contributed by atoms with Gasteiger partial charge in [0.2, 0.25) is 8.32 Å². The molecule has 0 saturated heterocycles.